The molecule has 1 heterocycles. The summed E-state index contributed by atoms with van der Waals surface area (Å²) >= 11 is 3.50. The highest BCUT2D eigenvalue weighted by Crippen LogP contribution is 2.26. The van der Waals surface area contributed by atoms with Gasteiger partial charge in [0.1, 0.15) is 0 Å². The Labute approximate surface area is 132 Å². The number of aryl methyl sites for hydroxylation is 1. The second kappa shape index (κ2) is 7.21. The number of ether oxygens (including phenoxy) is 1. The van der Waals surface area contributed by atoms with Crippen molar-refractivity contribution in [3.8, 4) is 6.01 Å². The van der Waals surface area contributed by atoms with Gasteiger partial charge >= 0.3 is 6.01 Å². The summed E-state index contributed by atoms with van der Waals surface area (Å²) in [4.78, 5) is 12.7. The Balaban J connectivity index is 2.27. The Kier molecular flexibility index (Phi) is 5.32. The Bertz CT molecular complexity index is 620. The normalized spacial score (nSPS) is 10.3. The van der Waals surface area contributed by atoms with E-state index in [1.807, 2.05) is 32.0 Å². The minimum absolute atomic E-state index is 0.308. The lowest BCUT2D eigenvalue weighted by molar-refractivity contribution is 0.292. The molecule has 2 N–H and O–H groups in total. The van der Waals surface area contributed by atoms with E-state index in [0.717, 1.165) is 22.1 Å². The van der Waals surface area contributed by atoms with Gasteiger partial charge in [-0.25, -0.2) is 0 Å². The quantitative estimate of drug-likeness (QED) is 0.829. The summed E-state index contributed by atoms with van der Waals surface area (Å²) in [6, 6.07) is 6.33. The van der Waals surface area contributed by atoms with E-state index in [4.69, 9.17) is 4.74 Å². The maximum absolute atomic E-state index is 5.48. The summed E-state index contributed by atoms with van der Waals surface area (Å²) in [6.45, 7) is 4.63. The fourth-order valence-electron chi connectivity index (χ4n) is 1.64. The third kappa shape index (κ3) is 4.29. The predicted molar refractivity (Wildman–Crippen MR) is 87.3 cm³/mol. The minimum Gasteiger partial charge on any atom is -0.463 e. The van der Waals surface area contributed by atoms with Gasteiger partial charge in [0.2, 0.25) is 11.9 Å². The number of aromatic nitrogens is 3. The molecule has 0 saturated carbocycles. The van der Waals surface area contributed by atoms with E-state index < -0.39 is 0 Å². The van der Waals surface area contributed by atoms with Crippen molar-refractivity contribution in [1.82, 2.24) is 15.0 Å². The van der Waals surface area contributed by atoms with Gasteiger partial charge in [0.15, 0.2) is 0 Å². The SMILES string of the molecule is CCCOc1nc(NC)nc(Nc2cc(C)ccc2Br)n1. The average Bonchev–Trinajstić information content (AvgIpc) is 2.48. The third-order valence-electron chi connectivity index (χ3n) is 2.64. The molecular weight excluding hydrogens is 334 g/mol. The summed E-state index contributed by atoms with van der Waals surface area (Å²) in [5, 5.41) is 6.08. The smallest absolute Gasteiger partial charge is 0.323 e. The largest absolute Gasteiger partial charge is 0.463 e. The lowest BCUT2D eigenvalue weighted by atomic mass is 10.2. The van der Waals surface area contributed by atoms with Crippen LogP contribution in [0.3, 0.4) is 0 Å². The van der Waals surface area contributed by atoms with E-state index in [1.54, 1.807) is 7.05 Å². The maximum Gasteiger partial charge on any atom is 0.323 e. The molecule has 0 unspecified atom stereocenters. The van der Waals surface area contributed by atoms with Gasteiger partial charge in [0, 0.05) is 11.5 Å². The number of nitrogens with zero attached hydrogens (tertiary/aromatic N) is 3. The zero-order valence-electron chi connectivity index (χ0n) is 12.3. The van der Waals surface area contributed by atoms with Crippen LogP contribution in [0, 0.1) is 6.92 Å². The van der Waals surface area contributed by atoms with Gasteiger partial charge in [-0.1, -0.05) is 13.0 Å². The minimum atomic E-state index is 0.308. The van der Waals surface area contributed by atoms with Crippen molar-refractivity contribution in [3.05, 3.63) is 28.2 Å². The molecule has 0 aliphatic rings. The molecule has 21 heavy (non-hydrogen) atoms. The van der Waals surface area contributed by atoms with Crippen molar-refractivity contribution in [1.29, 1.82) is 0 Å². The molecule has 0 amide bonds. The van der Waals surface area contributed by atoms with E-state index >= 15 is 0 Å². The molecule has 2 aromatic rings. The van der Waals surface area contributed by atoms with Crippen LogP contribution in [0.4, 0.5) is 17.6 Å². The first kappa shape index (κ1) is 15.5. The zero-order valence-corrected chi connectivity index (χ0v) is 13.9. The number of hydrogen-bond donors (Lipinski definition) is 2. The third-order valence-corrected chi connectivity index (χ3v) is 3.33. The van der Waals surface area contributed by atoms with Crippen molar-refractivity contribution in [2.75, 3.05) is 24.3 Å². The molecule has 0 fully saturated rings. The van der Waals surface area contributed by atoms with Gasteiger partial charge in [0.25, 0.3) is 0 Å². The second-order valence-electron chi connectivity index (χ2n) is 4.47. The van der Waals surface area contributed by atoms with E-state index in [9.17, 15) is 0 Å². The van der Waals surface area contributed by atoms with E-state index in [0.29, 0.717) is 24.5 Å². The predicted octanol–water partition coefficient (Wildman–Crippen LogP) is 3.52. The molecule has 1 aromatic carbocycles. The van der Waals surface area contributed by atoms with Crippen LogP contribution in [0.25, 0.3) is 0 Å². The number of halogens is 1. The fourth-order valence-corrected chi connectivity index (χ4v) is 1.98. The second-order valence-corrected chi connectivity index (χ2v) is 5.33. The summed E-state index contributed by atoms with van der Waals surface area (Å²) in [6.07, 6.45) is 0.896. The Morgan fingerprint density at radius 2 is 1.95 bits per heavy atom. The topological polar surface area (TPSA) is 72.0 Å². The van der Waals surface area contributed by atoms with Gasteiger partial charge in [-0.3, -0.25) is 0 Å². The monoisotopic (exact) mass is 351 g/mol. The van der Waals surface area contributed by atoms with E-state index in [1.165, 1.54) is 0 Å². The summed E-state index contributed by atoms with van der Waals surface area (Å²) in [5.74, 6) is 0.897. The molecule has 0 radical (unpaired) electrons. The van der Waals surface area contributed by atoms with Gasteiger partial charge in [0.05, 0.1) is 12.3 Å². The fraction of sp³-hybridized carbons (Fsp3) is 0.357. The number of hydrogen-bond acceptors (Lipinski definition) is 6. The number of rotatable bonds is 6. The van der Waals surface area contributed by atoms with Crippen LogP contribution < -0.4 is 15.4 Å². The van der Waals surface area contributed by atoms with Crippen LogP contribution in [-0.2, 0) is 0 Å². The standard InChI is InChI=1S/C14H18BrN5O/c1-4-7-21-14-19-12(16-3)18-13(20-14)17-11-8-9(2)5-6-10(11)15/h5-6,8H,4,7H2,1-3H3,(H2,16,17,18,19,20). The lowest BCUT2D eigenvalue weighted by Gasteiger charge is -2.10. The molecule has 0 spiro atoms. The molecule has 0 atom stereocenters. The molecule has 6 nitrogen and oxygen atoms in total. The molecule has 2 rings (SSSR count). The van der Waals surface area contributed by atoms with Gasteiger partial charge in [-0.15, -0.1) is 0 Å². The first-order valence-corrected chi connectivity index (χ1v) is 7.51. The van der Waals surface area contributed by atoms with E-state index in [-0.39, 0.29) is 0 Å². The molecule has 0 saturated heterocycles. The van der Waals surface area contributed by atoms with Crippen molar-refractivity contribution < 1.29 is 4.74 Å². The summed E-state index contributed by atoms with van der Waals surface area (Å²) < 4.78 is 6.42. The van der Waals surface area contributed by atoms with Crippen LogP contribution in [0.2, 0.25) is 0 Å². The molecule has 0 aliphatic heterocycles. The number of nitrogens with one attached hydrogen (secondary N) is 2. The molecule has 0 aliphatic carbocycles. The van der Waals surface area contributed by atoms with Gasteiger partial charge < -0.3 is 15.4 Å². The first-order valence-electron chi connectivity index (χ1n) is 6.72. The van der Waals surface area contributed by atoms with Crippen LogP contribution in [0.15, 0.2) is 22.7 Å². The molecular formula is C14H18BrN5O. The lowest BCUT2D eigenvalue weighted by Crippen LogP contribution is -2.07. The van der Waals surface area contributed by atoms with Crippen LogP contribution in [-0.4, -0.2) is 28.6 Å². The molecule has 1 aromatic heterocycles. The van der Waals surface area contributed by atoms with Gasteiger partial charge in [-0.05, 0) is 47.0 Å². The Morgan fingerprint density at radius 1 is 1.19 bits per heavy atom. The maximum atomic E-state index is 5.48. The van der Waals surface area contributed by atoms with Crippen molar-refractivity contribution in [2.24, 2.45) is 0 Å². The van der Waals surface area contributed by atoms with Crippen LogP contribution in [0.5, 0.6) is 6.01 Å². The molecule has 112 valence electrons. The van der Waals surface area contributed by atoms with Crippen molar-refractivity contribution in [3.63, 3.8) is 0 Å². The average molecular weight is 352 g/mol. The van der Waals surface area contributed by atoms with Crippen molar-refractivity contribution >= 4 is 33.5 Å². The molecule has 7 heteroatoms. The van der Waals surface area contributed by atoms with Gasteiger partial charge in [-0.2, -0.15) is 15.0 Å². The Morgan fingerprint density at radius 3 is 2.67 bits per heavy atom. The van der Waals surface area contributed by atoms with Crippen molar-refractivity contribution in [2.45, 2.75) is 20.3 Å². The highest BCUT2D eigenvalue weighted by molar-refractivity contribution is 9.10. The van der Waals surface area contributed by atoms with Crippen LogP contribution >= 0.6 is 15.9 Å². The highest BCUT2D eigenvalue weighted by atomic mass is 79.9. The van der Waals surface area contributed by atoms with E-state index in [2.05, 4.69) is 41.5 Å². The summed E-state index contributed by atoms with van der Waals surface area (Å²) in [5.41, 5.74) is 2.04. The number of benzene rings is 1. The zero-order chi connectivity index (χ0) is 15.2. The van der Waals surface area contributed by atoms with Crippen LogP contribution in [0.1, 0.15) is 18.9 Å². The Hall–Kier alpha value is -1.89. The highest BCUT2D eigenvalue weighted by Gasteiger charge is 2.08. The first-order chi connectivity index (χ1) is 10.1. The summed E-state index contributed by atoms with van der Waals surface area (Å²) in [7, 11) is 1.76. The molecule has 0 bridgehead atoms. The number of anilines is 3.